The van der Waals surface area contributed by atoms with E-state index in [0.717, 1.165) is 50.1 Å². The van der Waals surface area contributed by atoms with E-state index in [9.17, 15) is 4.79 Å². The first kappa shape index (κ1) is 17.9. The molecule has 2 aromatic rings. The standard InChI is InChI=1S/C20H30N4O/c1-4-8-16(21)20(25)23-12-7-9-15(13-23)19-22-17-10-5-6-11-18(17)24(19)14(2)3/h5-6,10-11,14-16H,4,7-9,12-13,21H2,1-3H3. The summed E-state index contributed by atoms with van der Waals surface area (Å²) in [4.78, 5) is 19.5. The second kappa shape index (κ2) is 7.56. The summed E-state index contributed by atoms with van der Waals surface area (Å²) in [5.74, 6) is 1.48. The maximum absolute atomic E-state index is 12.6. The van der Waals surface area contributed by atoms with Crippen LogP contribution in [0.1, 0.15) is 64.2 Å². The predicted molar refractivity (Wildman–Crippen MR) is 102 cm³/mol. The van der Waals surface area contributed by atoms with Crippen LogP contribution in [0.15, 0.2) is 24.3 Å². The lowest BCUT2D eigenvalue weighted by Crippen LogP contribution is -2.47. The molecule has 5 nitrogen and oxygen atoms in total. The Balaban J connectivity index is 1.88. The van der Waals surface area contributed by atoms with Gasteiger partial charge in [0.15, 0.2) is 0 Å². The molecule has 2 heterocycles. The molecule has 0 spiro atoms. The van der Waals surface area contributed by atoms with Gasteiger partial charge in [-0.3, -0.25) is 4.79 Å². The predicted octanol–water partition coefficient (Wildman–Crippen LogP) is 3.45. The molecule has 0 bridgehead atoms. The molecule has 1 amide bonds. The van der Waals surface area contributed by atoms with Crippen molar-refractivity contribution in [2.75, 3.05) is 13.1 Å². The van der Waals surface area contributed by atoms with Crippen molar-refractivity contribution in [2.24, 2.45) is 5.73 Å². The van der Waals surface area contributed by atoms with Crippen molar-refractivity contribution < 1.29 is 4.79 Å². The molecular weight excluding hydrogens is 312 g/mol. The maximum atomic E-state index is 12.6. The highest BCUT2D eigenvalue weighted by Gasteiger charge is 2.30. The van der Waals surface area contributed by atoms with E-state index in [0.29, 0.717) is 6.04 Å². The van der Waals surface area contributed by atoms with Crippen molar-refractivity contribution >= 4 is 16.9 Å². The van der Waals surface area contributed by atoms with Crippen LogP contribution in [0.25, 0.3) is 11.0 Å². The largest absolute Gasteiger partial charge is 0.341 e. The molecule has 0 aliphatic carbocycles. The minimum Gasteiger partial charge on any atom is -0.341 e. The second-order valence-electron chi connectivity index (χ2n) is 7.44. The molecule has 1 fully saturated rings. The van der Waals surface area contributed by atoms with Crippen LogP contribution in [-0.4, -0.2) is 39.5 Å². The number of hydrogen-bond acceptors (Lipinski definition) is 3. The summed E-state index contributed by atoms with van der Waals surface area (Å²) < 4.78 is 2.33. The Labute approximate surface area is 150 Å². The van der Waals surface area contributed by atoms with Gasteiger partial charge >= 0.3 is 0 Å². The van der Waals surface area contributed by atoms with Gasteiger partial charge in [0.2, 0.25) is 5.91 Å². The lowest BCUT2D eigenvalue weighted by Gasteiger charge is -2.34. The molecule has 1 aromatic heterocycles. The van der Waals surface area contributed by atoms with Crippen LogP contribution in [0.3, 0.4) is 0 Å². The molecule has 25 heavy (non-hydrogen) atoms. The topological polar surface area (TPSA) is 64.2 Å². The summed E-state index contributed by atoms with van der Waals surface area (Å²) in [5.41, 5.74) is 8.29. The number of carbonyl (C=O) groups excluding carboxylic acids is 1. The Bertz CT molecular complexity index is 736. The minimum atomic E-state index is -0.368. The van der Waals surface area contributed by atoms with Gasteiger partial charge in [-0.1, -0.05) is 25.5 Å². The molecule has 0 saturated carbocycles. The molecule has 1 saturated heterocycles. The summed E-state index contributed by atoms with van der Waals surface area (Å²) in [5, 5.41) is 0. The van der Waals surface area contributed by atoms with E-state index in [2.05, 4.69) is 43.5 Å². The fraction of sp³-hybridized carbons (Fsp3) is 0.600. The number of rotatable bonds is 5. The third-order valence-corrected chi connectivity index (χ3v) is 5.15. The number of para-hydroxylation sites is 2. The first-order valence-electron chi connectivity index (χ1n) is 9.54. The molecular formula is C20H30N4O. The molecule has 2 atom stereocenters. The third kappa shape index (κ3) is 3.56. The van der Waals surface area contributed by atoms with Gasteiger partial charge < -0.3 is 15.2 Å². The van der Waals surface area contributed by atoms with Gasteiger partial charge in [0.05, 0.1) is 17.1 Å². The van der Waals surface area contributed by atoms with Crippen LogP contribution < -0.4 is 5.73 Å². The number of carbonyl (C=O) groups is 1. The number of nitrogens with zero attached hydrogens (tertiary/aromatic N) is 3. The monoisotopic (exact) mass is 342 g/mol. The van der Waals surface area contributed by atoms with Crippen molar-refractivity contribution in [1.29, 1.82) is 0 Å². The van der Waals surface area contributed by atoms with E-state index in [-0.39, 0.29) is 17.9 Å². The van der Waals surface area contributed by atoms with Gasteiger partial charge in [-0.25, -0.2) is 4.98 Å². The highest BCUT2D eigenvalue weighted by atomic mass is 16.2. The summed E-state index contributed by atoms with van der Waals surface area (Å²) in [7, 11) is 0. The number of imidazole rings is 1. The van der Waals surface area contributed by atoms with E-state index in [4.69, 9.17) is 10.7 Å². The molecule has 1 aromatic carbocycles. The minimum absolute atomic E-state index is 0.0961. The Morgan fingerprint density at radius 1 is 1.36 bits per heavy atom. The van der Waals surface area contributed by atoms with E-state index in [1.54, 1.807) is 0 Å². The molecule has 5 heteroatoms. The smallest absolute Gasteiger partial charge is 0.239 e. The van der Waals surface area contributed by atoms with Crippen molar-refractivity contribution in [3.63, 3.8) is 0 Å². The summed E-state index contributed by atoms with van der Waals surface area (Å²) in [6, 6.07) is 8.27. The first-order valence-corrected chi connectivity index (χ1v) is 9.54. The Kier molecular flexibility index (Phi) is 5.42. The number of piperidine rings is 1. The average Bonchev–Trinajstić information content (AvgIpc) is 3.01. The zero-order valence-electron chi connectivity index (χ0n) is 15.6. The molecule has 1 aliphatic rings. The van der Waals surface area contributed by atoms with Crippen molar-refractivity contribution in [3.8, 4) is 0 Å². The fourth-order valence-corrected chi connectivity index (χ4v) is 3.95. The number of aromatic nitrogens is 2. The van der Waals surface area contributed by atoms with Gasteiger partial charge in [0, 0.05) is 25.0 Å². The van der Waals surface area contributed by atoms with E-state index in [1.807, 2.05) is 11.0 Å². The average molecular weight is 342 g/mol. The highest BCUT2D eigenvalue weighted by Crippen LogP contribution is 2.31. The Hall–Kier alpha value is -1.88. The van der Waals surface area contributed by atoms with Crippen molar-refractivity contribution in [3.05, 3.63) is 30.1 Å². The normalized spacial score (nSPS) is 19.6. The summed E-state index contributed by atoms with van der Waals surface area (Å²) >= 11 is 0. The van der Waals surface area contributed by atoms with Gasteiger partial charge in [0.1, 0.15) is 5.82 Å². The molecule has 1 aliphatic heterocycles. The van der Waals surface area contributed by atoms with Crippen LogP contribution in [0.2, 0.25) is 0 Å². The highest BCUT2D eigenvalue weighted by molar-refractivity contribution is 5.82. The second-order valence-corrected chi connectivity index (χ2v) is 7.44. The Morgan fingerprint density at radius 3 is 2.84 bits per heavy atom. The first-order chi connectivity index (χ1) is 12.0. The SMILES string of the molecule is CCCC(N)C(=O)N1CCCC(c2nc3ccccc3n2C(C)C)C1. The van der Waals surface area contributed by atoms with Gasteiger partial charge in [-0.15, -0.1) is 0 Å². The van der Waals surface area contributed by atoms with E-state index < -0.39 is 0 Å². The van der Waals surface area contributed by atoms with Crippen LogP contribution in [-0.2, 0) is 4.79 Å². The quantitative estimate of drug-likeness (QED) is 0.905. The molecule has 0 radical (unpaired) electrons. The van der Waals surface area contributed by atoms with Crippen molar-refractivity contribution in [2.45, 2.75) is 64.5 Å². The maximum Gasteiger partial charge on any atom is 0.239 e. The number of hydrogen-bond donors (Lipinski definition) is 1. The summed E-state index contributed by atoms with van der Waals surface area (Å²) in [6.45, 7) is 8.00. The lowest BCUT2D eigenvalue weighted by atomic mass is 9.96. The zero-order chi connectivity index (χ0) is 18.0. The number of likely N-dealkylation sites (tertiary alicyclic amines) is 1. The number of nitrogens with two attached hydrogens (primary N) is 1. The molecule has 136 valence electrons. The van der Waals surface area contributed by atoms with Gasteiger partial charge in [0.25, 0.3) is 0 Å². The fourth-order valence-electron chi connectivity index (χ4n) is 3.95. The summed E-state index contributed by atoms with van der Waals surface area (Å²) in [6.07, 6.45) is 3.78. The molecule has 2 unspecified atom stereocenters. The lowest BCUT2D eigenvalue weighted by molar-refractivity contribution is -0.134. The van der Waals surface area contributed by atoms with Gasteiger partial charge in [-0.05, 0) is 45.2 Å². The van der Waals surface area contributed by atoms with Crippen LogP contribution in [0.4, 0.5) is 0 Å². The van der Waals surface area contributed by atoms with Crippen LogP contribution in [0.5, 0.6) is 0 Å². The zero-order valence-corrected chi connectivity index (χ0v) is 15.6. The Morgan fingerprint density at radius 2 is 2.12 bits per heavy atom. The molecule has 2 N–H and O–H groups in total. The molecule has 3 rings (SSSR count). The number of benzene rings is 1. The van der Waals surface area contributed by atoms with Gasteiger partial charge in [-0.2, -0.15) is 0 Å². The number of fused-ring (bicyclic) bond motifs is 1. The van der Waals surface area contributed by atoms with E-state index >= 15 is 0 Å². The van der Waals surface area contributed by atoms with Crippen LogP contribution in [0, 0.1) is 0 Å². The van der Waals surface area contributed by atoms with Crippen LogP contribution >= 0.6 is 0 Å². The number of amides is 1. The van der Waals surface area contributed by atoms with E-state index in [1.165, 1.54) is 5.52 Å². The van der Waals surface area contributed by atoms with Crippen molar-refractivity contribution in [1.82, 2.24) is 14.5 Å². The third-order valence-electron chi connectivity index (χ3n) is 5.15.